The molecule has 94 valence electrons. The van der Waals surface area contributed by atoms with E-state index in [4.69, 9.17) is 5.73 Å². The van der Waals surface area contributed by atoms with Gasteiger partial charge in [-0.25, -0.2) is 0 Å². The first-order chi connectivity index (χ1) is 8.66. The lowest BCUT2D eigenvalue weighted by molar-refractivity contribution is -0.122. The van der Waals surface area contributed by atoms with Gasteiger partial charge in [0.1, 0.15) is 6.04 Å². The molecular formula is C12H13N3O2S. The first kappa shape index (κ1) is 12.5. The van der Waals surface area contributed by atoms with Crippen molar-refractivity contribution in [3.05, 3.63) is 56.6 Å². The number of carbonyl (C=O) groups excluding carboxylic acids is 1. The Morgan fingerprint density at radius 2 is 2.11 bits per heavy atom. The molecule has 1 amide bonds. The van der Waals surface area contributed by atoms with Crippen LogP contribution in [0, 0.1) is 0 Å². The largest absolute Gasteiger partial charge is 0.349 e. The predicted octanol–water partition coefficient (Wildman–Crippen LogP) is 0.753. The molecule has 0 aliphatic rings. The Balaban J connectivity index is 1.94. The van der Waals surface area contributed by atoms with E-state index in [1.165, 1.54) is 0 Å². The number of aromatic amines is 1. The summed E-state index contributed by atoms with van der Waals surface area (Å²) in [4.78, 5) is 25.2. The summed E-state index contributed by atoms with van der Waals surface area (Å²) in [7, 11) is 0. The minimum Gasteiger partial charge on any atom is -0.349 e. The SMILES string of the molecule is NC(C(=O)NCc1csc(=O)[nH]1)c1ccccc1. The molecule has 0 bridgehead atoms. The lowest BCUT2D eigenvalue weighted by atomic mass is 10.1. The Labute approximate surface area is 108 Å². The van der Waals surface area contributed by atoms with Crippen molar-refractivity contribution in [3.8, 4) is 0 Å². The maximum Gasteiger partial charge on any atom is 0.304 e. The average molecular weight is 263 g/mol. The number of rotatable bonds is 4. The molecule has 6 heteroatoms. The third-order valence-electron chi connectivity index (χ3n) is 2.47. The van der Waals surface area contributed by atoms with Crippen LogP contribution in [0.1, 0.15) is 17.3 Å². The van der Waals surface area contributed by atoms with Crippen LogP contribution in [0.4, 0.5) is 0 Å². The summed E-state index contributed by atoms with van der Waals surface area (Å²) in [5.41, 5.74) is 7.26. The third-order valence-corrected chi connectivity index (χ3v) is 3.18. The van der Waals surface area contributed by atoms with E-state index in [1.54, 1.807) is 17.5 Å². The van der Waals surface area contributed by atoms with Crippen molar-refractivity contribution in [2.45, 2.75) is 12.6 Å². The minimum atomic E-state index is -0.698. The highest BCUT2D eigenvalue weighted by Crippen LogP contribution is 2.09. The molecule has 2 aromatic rings. The van der Waals surface area contributed by atoms with Crippen LogP contribution in [-0.4, -0.2) is 10.9 Å². The molecule has 0 saturated carbocycles. The summed E-state index contributed by atoms with van der Waals surface area (Å²) in [5, 5.41) is 4.36. The Kier molecular flexibility index (Phi) is 3.91. The molecule has 0 radical (unpaired) electrons. The number of carbonyl (C=O) groups is 1. The fourth-order valence-electron chi connectivity index (χ4n) is 1.50. The summed E-state index contributed by atoms with van der Waals surface area (Å²) in [5.74, 6) is -0.270. The number of nitrogens with one attached hydrogen (secondary N) is 2. The molecule has 18 heavy (non-hydrogen) atoms. The van der Waals surface area contributed by atoms with Gasteiger partial charge >= 0.3 is 4.87 Å². The third kappa shape index (κ3) is 3.06. The fourth-order valence-corrected chi connectivity index (χ4v) is 2.09. The van der Waals surface area contributed by atoms with E-state index in [9.17, 15) is 9.59 Å². The zero-order valence-corrected chi connectivity index (χ0v) is 10.4. The van der Waals surface area contributed by atoms with E-state index in [1.807, 2.05) is 18.2 Å². The van der Waals surface area contributed by atoms with Crippen LogP contribution in [-0.2, 0) is 11.3 Å². The van der Waals surface area contributed by atoms with Gasteiger partial charge in [-0.2, -0.15) is 0 Å². The van der Waals surface area contributed by atoms with Gasteiger partial charge in [-0.1, -0.05) is 41.7 Å². The molecule has 1 aromatic carbocycles. The number of nitrogens with two attached hydrogens (primary N) is 1. The predicted molar refractivity (Wildman–Crippen MR) is 70.2 cm³/mol. The molecule has 5 nitrogen and oxygen atoms in total. The van der Waals surface area contributed by atoms with Crippen LogP contribution in [0.15, 0.2) is 40.5 Å². The van der Waals surface area contributed by atoms with E-state index in [0.29, 0.717) is 5.69 Å². The van der Waals surface area contributed by atoms with Gasteiger partial charge in [0.2, 0.25) is 5.91 Å². The van der Waals surface area contributed by atoms with Crippen LogP contribution in [0.5, 0.6) is 0 Å². The monoisotopic (exact) mass is 263 g/mol. The summed E-state index contributed by atoms with van der Waals surface area (Å²) < 4.78 is 0. The Hall–Kier alpha value is -1.92. The number of benzene rings is 1. The Bertz CT molecular complexity index is 576. The van der Waals surface area contributed by atoms with E-state index in [2.05, 4.69) is 10.3 Å². The van der Waals surface area contributed by atoms with Crippen molar-refractivity contribution in [3.63, 3.8) is 0 Å². The smallest absolute Gasteiger partial charge is 0.304 e. The van der Waals surface area contributed by atoms with Gasteiger partial charge in [-0.3, -0.25) is 9.59 Å². The maximum absolute atomic E-state index is 11.8. The fraction of sp³-hybridized carbons (Fsp3) is 0.167. The van der Waals surface area contributed by atoms with E-state index < -0.39 is 6.04 Å². The zero-order chi connectivity index (χ0) is 13.0. The lowest BCUT2D eigenvalue weighted by Crippen LogP contribution is -2.33. The molecule has 2 rings (SSSR count). The highest BCUT2D eigenvalue weighted by atomic mass is 32.1. The number of amides is 1. The van der Waals surface area contributed by atoms with Gasteiger partial charge < -0.3 is 16.0 Å². The van der Waals surface area contributed by atoms with Crippen molar-refractivity contribution in [1.29, 1.82) is 0 Å². The van der Waals surface area contributed by atoms with E-state index in [0.717, 1.165) is 16.9 Å². The van der Waals surface area contributed by atoms with Crippen LogP contribution in [0.25, 0.3) is 0 Å². The van der Waals surface area contributed by atoms with E-state index >= 15 is 0 Å². The highest BCUT2D eigenvalue weighted by Gasteiger charge is 2.14. The maximum atomic E-state index is 11.8. The summed E-state index contributed by atoms with van der Waals surface area (Å²) in [6, 6.07) is 8.44. The standard InChI is InChI=1S/C12H13N3O2S/c13-10(8-4-2-1-3-5-8)11(16)14-6-9-7-18-12(17)15-9/h1-5,7,10H,6,13H2,(H,14,16)(H,15,17). The average Bonchev–Trinajstić information content (AvgIpc) is 2.82. The van der Waals surface area contributed by atoms with Gasteiger partial charge in [0.25, 0.3) is 0 Å². The quantitative estimate of drug-likeness (QED) is 0.760. The first-order valence-corrected chi connectivity index (χ1v) is 6.29. The molecule has 1 unspecified atom stereocenters. The van der Waals surface area contributed by atoms with Gasteiger partial charge in [0.05, 0.1) is 6.54 Å². The van der Waals surface area contributed by atoms with Gasteiger partial charge in [0.15, 0.2) is 0 Å². The second-order valence-electron chi connectivity index (χ2n) is 3.78. The first-order valence-electron chi connectivity index (χ1n) is 5.42. The molecule has 0 fully saturated rings. The zero-order valence-electron chi connectivity index (χ0n) is 9.55. The molecule has 4 N–H and O–H groups in total. The number of H-pyrrole nitrogens is 1. The molecule has 0 aliphatic carbocycles. The van der Waals surface area contributed by atoms with Crippen molar-refractivity contribution in [2.75, 3.05) is 0 Å². The molecule has 1 atom stereocenters. The second kappa shape index (κ2) is 5.61. The number of thiazole rings is 1. The van der Waals surface area contributed by atoms with Gasteiger partial charge in [-0.15, -0.1) is 0 Å². The van der Waals surface area contributed by atoms with Crippen molar-refractivity contribution >= 4 is 17.2 Å². The molecule has 0 spiro atoms. The highest BCUT2D eigenvalue weighted by molar-refractivity contribution is 7.07. The van der Waals surface area contributed by atoms with E-state index in [-0.39, 0.29) is 17.3 Å². The molecule has 0 aliphatic heterocycles. The van der Waals surface area contributed by atoms with Crippen LogP contribution < -0.4 is 15.9 Å². The van der Waals surface area contributed by atoms with Gasteiger partial charge in [0, 0.05) is 11.1 Å². The van der Waals surface area contributed by atoms with Crippen LogP contribution >= 0.6 is 11.3 Å². The summed E-state index contributed by atoms with van der Waals surface area (Å²) >= 11 is 1.07. The Morgan fingerprint density at radius 3 is 2.72 bits per heavy atom. The molecule has 1 aromatic heterocycles. The lowest BCUT2D eigenvalue weighted by Gasteiger charge is -2.11. The second-order valence-corrected chi connectivity index (χ2v) is 4.62. The van der Waals surface area contributed by atoms with Crippen molar-refractivity contribution in [2.24, 2.45) is 5.73 Å². The Morgan fingerprint density at radius 1 is 1.39 bits per heavy atom. The molecular weight excluding hydrogens is 250 g/mol. The van der Waals surface area contributed by atoms with Gasteiger partial charge in [-0.05, 0) is 5.56 Å². The number of aromatic nitrogens is 1. The van der Waals surface area contributed by atoms with Crippen molar-refractivity contribution in [1.82, 2.24) is 10.3 Å². The number of hydrogen-bond acceptors (Lipinski definition) is 4. The number of hydrogen-bond donors (Lipinski definition) is 3. The molecule has 1 heterocycles. The normalized spacial score (nSPS) is 12.1. The minimum absolute atomic E-state index is 0.133. The summed E-state index contributed by atoms with van der Waals surface area (Å²) in [6.45, 7) is 0.276. The van der Waals surface area contributed by atoms with Crippen LogP contribution in [0.3, 0.4) is 0 Å². The molecule has 0 saturated heterocycles. The topological polar surface area (TPSA) is 88.0 Å². The van der Waals surface area contributed by atoms with Crippen molar-refractivity contribution < 1.29 is 4.79 Å². The summed E-state index contributed by atoms with van der Waals surface area (Å²) in [6.07, 6.45) is 0. The van der Waals surface area contributed by atoms with Crippen LogP contribution in [0.2, 0.25) is 0 Å².